The van der Waals surface area contributed by atoms with Gasteiger partial charge in [-0.15, -0.1) is 5.10 Å². The topological polar surface area (TPSA) is 47.8 Å². The van der Waals surface area contributed by atoms with E-state index in [0.29, 0.717) is 5.69 Å². The molecule has 0 spiro atoms. The molecule has 0 unspecified atom stereocenters. The van der Waals surface area contributed by atoms with Gasteiger partial charge in [0, 0.05) is 5.56 Å². The molecule has 1 aromatic carbocycles. The van der Waals surface area contributed by atoms with Crippen LogP contribution in [0.1, 0.15) is 6.92 Å². The Morgan fingerprint density at radius 3 is 2.69 bits per heavy atom. The maximum Gasteiger partial charge on any atom is 0.151 e. The molecule has 0 radical (unpaired) electrons. The summed E-state index contributed by atoms with van der Waals surface area (Å²) in [6, 6.07) is 5.97. The highest BCUT2D eigenvalue weighted by molar-refractivity contribution is 5.75. The number of benzene rings is 1. The van der Waals surface area contributed by atoms with E-state index in [1.165, 1.54) is 23.7 Å². The van der Waals surface area contributed by atoms with Crippen LogP contribution < -0.4 is 0 Å². The van der Waals surface area contributed by atoms with Gasteiger partial charge in [0.25, 0.3) is 0 Å². The highest BCUT2D eigenvalue weighted by Crippen LogP contribution is 2.15. The summed E-state index contributed by atoms with van der Waals surface area (Å²) >= 11 is 0. The molecular formula is C11H10FN3O. The lowest BCUT2D eigenvalue weighted by atomic mass is 10.2. The van der Waals surface area contributed by atoms with Crippen molar-refractivity contribution in [1.29, 1.82) is 0 Å². The Kier molecular flexibility index (Phi) is 2.76. The van der Waals surface area contributed by atoms with Gasteiger partial charge < -0.3 is 0 Å². The monoisotopic (exact) mass is 219 g/mol. The minimum absolute atomic E-state index is 0.00977. The first-order valence-electron chi connectivity index (χ1n) is 4.80. The minimum atomic E-state index is -0.292. The summed E-state index contributed by atoms with van der Waals surface area (Å²) in [4.78, 5) is 10.9. The van der Waals surface area contributed by atoms with Gasteiger partial charge in [-0.25, -0.2) is 9.07 Å². The van der Waals surface area contributed by atoms with E-state index in [1.807, 2.05) is 0 Å². The quantitative estimate of drug-likeness (QED) is 0.789. The first kappa shape index (κ1) is 10.5. The fourth-order valence-corrected chi connectivity index (χ4v) is 1.36. The van der Waals surface area contributed by atoms with Crippen molar-refractivity contribution in [3.8, 4) is 11.3 Å². The molecular weight excluding hydrogens is 209 g/mol. The van der Waals surface area contributed by atoms with Crippen molar-refractivity contribution in [2.24, 2.45) is 0 Å². The van der Waals surface area contributed by atoms with Crippen LogP contribution in [0.4, 0.5) is 4.39 Å². The Labute approximate surface area is 91.7 Å². The zero-order chi connectivity index (χ0) is 11.5. The van der Waals surface area contributed by atoms with Crippen LogP contribution in [0.25, 0.3) is 11.3 Å². The second-order valence-electron chi connectivity index (χ2n) is 3.51. The van der Waals surface area contributed by atoms with Crippen molar-refractivity contribution < 1.29 is 9.18 Å². The number of carbonyl (C=O) groups is 1. The van der Waals surface area contributed by atoms with Crippen LogP contribution >= 0.6 is 0 Å². The van der Waals surface area contributed by atoms with Gasteiger partial charge in [-0.05, 0) is 31.2 Å². The van der Waals surface area contributed by atoms with Crippen LogP contribution in [-0.2, 0) is 11.3 Å². The summed E-state index contributed by atoms with van der Waals surface area (Å²) in [6.07, 6.45) is 1.66. The molecule has 0 aliphatic heterocycles. The van der Waals surface area contributed by atoms with Crippen LogP contribution in [0.3, 0.4) is 0 Å². The normalized spacial score (nSPS) is 10.4. The van der Waals surface area contributed by atoms with Gasteiger partial charge in [0.1, 0.15) is 18.1 Å². The molecule has 1 aromatic heterocycles. The molecule has 16 heavy (non-hydrogen) atoms. The summed E-state index contributed by atoms with van der Waals surface area (Å²) in [6.45, 7) is 1.69. The number of hydrogen-bond acceptors (Lipinski definition) is 3. The van der Waals surface area contributed by atoms with Crippen molar-refractivity contribution in [3.63, 3.8) is 0 Å². The predicted octanol–water partition coefficient (Wildman–Crippen LogP) is 1.67. The Hall–Kier alpha value is -2.04. The van der Waals surface area contributed by atoms with E-state index in [4.69, 9.17) is 0 Å². The third kappa shape index (κ3) is 2.31. The van der Waals surface area contributed by atoms with Gasteiger partial charge in [0.2, 0.25) is 0 Å². The van der Waals surface area contributed by atoms with Crippen LogP contribution in [0, 0.1) is 5.82 Å². The molecule has 0 saturated heterocycles. The molecule has 0 aliphatic carbocycles. The standard InChI is InChI=1S/C11H10FN3O/c1-8(16)6-15-7-11(13-14-15)9-2-4-10(12)5-3-9/h2-5,7H,6H2,1H3. The average molecular weight is 219 g/mol. The lowest BCUT2D eigenvalue weighted by molar-refractivity contribution is -0.117. The summed E-state index contributed by atoms with van der Waals surface area (Å²) in [5, 5.41) is 7.71. The molecule has 0 fully saturated rings. The number of hydrogen-bond donors (Lipinski definition) is 0. The van der Waals surface area contributed by atoms with Crippen LogP contribution in [0.15, 0.2) is 30.5 Å². The molecule has 2 rings (SSSR count). The van der Waals surface area contributed by atoms with Gasteiger partial charge in [-0.3, -0.25) is 4.79 Å². The van der Waals surface area contributed by atoms with Crippen molar-refractivity contribution in [3.05, 3.63) is 36.3 Å². The van der Waals surface area contributed by atoms with Gasteiger partial charge in [-0.2, -0.15) is 0 Å². The Morgan fingerprint density at radius 1 is 1.38 bits per heavy atom. The molecule has 0 bridgehead atoms. The molecule has 0 aliphatic rings. The van der Waals surface area contributed by atoms with Crippen molar-refractivity contribution in [2.45, 2.75) is 13.5 Å². The predicted molar refractivity (Wildman–Crippen MR) is 56.1 cm³/mol. The van der Waals surface area contributed by atoms with E-state index in [9.17, 15) is 9.18 Å². The number of halogens is 1. The Balaban J connectivity index is 2.24. The van der Waals surface area contributed by atoms with Crippen molar-refractivity contribution >= 4 is 5.78 Å². The summed E-state index contributed by atoms with van der Waals surface area (Å²) in [5.41, 5.74) is 1.40. The summed E-state index contributed by atoms with van der Waals surface area (Å²) in [7, 11) is 0. The maximum atomic E-state index is 12.7. The van der Waals surface area contributed by atoms with Crippen molar-refractivity contribution in [2.75, 3.05) is 0 Å². The molecule has 82 valence electrons. The van der Waals surface area contributed by atoms with Crippen LogP contribution in [0.2, 0.25) is 0 Å². The van der Waals surface area contributed by atoms with E-state index < -0.39 is 0 Å². The van der Waals surface area contributed by atoms with E-state index >= 15 is 0 Å². The highest BCUT2D eigenvalue weighted by Gasteiger charge is 2.04. The van der Waals surface area contributed by atoms with Crippen LogP contribution in [0.5, 0.6) is 0 Å². The molecule has 1 heterocycles. The number of ketones is 1. The number of aromatic nitrogens is 3. The molecule has 4 nitrogen and oxygen atoms in total. The lowest BCUT2D eigenvalue weighted by Crippen LogP contribution is -2.06. The summed E-state index contributed by atoms with van der Waals surface area (Å²) in [5.74, 6) is -0.282. The third-order valence-corrected chi connectivity index (χ3v) is 2.06. The Bertz CT molecular complexity index is 504. The average Bonchev–Trinajstić information content (AvgIpc) is 2.66. The van der Waals surface area contributed by atoms with E-state index in [-0.39, 0.29) is 18.1 Å². The summed E-state index contributed by atoms with van der Waals surface area (Å²) < 4.78 is 14.2. The molecule has 2 aromatic rings. The third-order valence-electron chi connectivity index (χ3n) is 2.06. The molecule has 0 amide bonds. The van der Waals surface area contributed by atoms with Gasteiger partial charge >= 0.3 is 0 Å². The second kappa shape index (κ2) is 4.22. The van der Waals surface area contributed by atoms with E-state index in [1.54, 1.807) is 18.3 Å². The largest absolute Gasteiger partial charge is 0.298 e. The second-order valence-corrected chi connectivity index (χ2v) is 3.51. The highest BCUT2D eigenvalue weighted by atomic mass is 19.1. The lowest BCUT2D eigenvalue weighted by Gasteiger charge is -1.94. The fraction of sp³-hybridized carbons (Fsp3) is 0.182. The number of rotatable bonds is 3. The van der Waals surface area contributed by atoms with Crippen molar-refractivity contribution in [1.82, 2.24) is 15.0 Å². The zero-order valence-corrected chi connectivity index (χ0v) is 8.72. The number of nitrogens with zero attached hydrogens (tertiary/aromatic N) is 3. The van der Waals surface area contributed by atoms with Crippen LogP contribution in [-0.4, -0.2) is 20.8 Å². The molecule has 5 heteroatoms. The molecule has 0 atom stereocenters. The smallest absolute Gasteiger partial charge is 0.151 e. The number of Topliss-reactive ketones (excluding diaryl/α,β-unsaturated/α-hetero) is 1. The minimum Gasteiger partial charge on any atom is -0.298 e. The Morgan fingerprint density at radius 2 is 2.06 bits per heavy atom. The van der Waals surface area contributed by atoms with Gasteiger partial charge in [0.05, 0.1) is 6.20 Å². The maximum absolute atomic E-state index is 12.7. The van der Waals surface area contributed by atoms with Gasteiger partial charge in [-0.1, -0.05) is 5.21 Å². The first-order valence-corrected chi connectivity index (χ1v) is 4.80. The molecule has 0 saturated carbocycles. The zero-order valence-electron chi connectivity index (χ0n) is 8.72. The van der Waals surface area contributed by atoms with E-state index in [0.717, 1.165) is 5.56 Å². The SMILES string of the molecule is CC(=O)Cn1cc(-c2ccc(F)cc2)nn1. The fourth-order valence-electron chi connectivity index (χ4n) is 1.36. The molecule has 0 N–H and O–H groups in total. The number of carbonyl (C=O) groups excluding carboxylic acids is 1. The van der Waals surface area contributed by atoms with Gasteiger partial charge in [0.15, 0.2) is 5.78 Å². The first-order chi connectivity index (χ1) is 7.65. The van der Waals surface area contributed by atoms with E-state index in [2.05, 4.69) is 10.3 Å².